The van der Waals surface area contributed by atoms with E-state index in [2.05, 4.69) is 11.3 Å². The molecule has 0 bridgehead atoms. The van der Waals surface area contributed by atoms with Crippen LogP contribution in [0.15, 0.2) is 24.4 Å². The lowest BCUT2D eigenvalue weighted by molar-refractivity contribution is 1.20. The highest BCUT2D eigenvalue weighted by atomic mass is 32.2. The molecule has 8 heavy (non-hydrogen) atoms. The van der Waals surface area contributed by atoms with Crippen LogP contribution in [0.3, 0.4) is 0 Å². The van der Waals surface area contributed by atoms with Gasteiger partial charge in [-0.05, 0) is 13.0 Å². The summed E-state index contributed by atoms with van der Waals surface area (Å²) in [4.78, 5) is 0. The standard InChI is InChI=1S/C5H10N2S/c1-3-4-5(2)7-8-6/h3-4,7H,1,6H2,2H3/b5-4+. The van der Waals surface area contributed by atoms with Crippen LogP contribution in [0.4, 0.5) is 0 Å². The summed E-state index contributed by atoms with van der Waals surface area (Å²) in [5, 5.41) is 5.09. The number of hydrogen-bond donors (Lipinski definition) is 2. The average Bonchev–Trinajstić information content (AvgIpc) is 1.68. The lowest BCUT2D eigenvalue weighted by atomic mass is 10.4. The molecule has 0 saturated heterocycles. The van der Waals surface area contributed by atoms with Crippen molar-refractivity contribution in [1.29, 1.82) is 0 Å². The second-order valence-corrected chi connectivity index (χ2v) is 1.75. The van der Waals surface area contributed by atoms with Crippen LogP contribution in [0.2, 0.25) is 0 Å². The van der Waals surface area contributed by atoms with Gasteiger partial charge in [0, 0.05) is 17.8 Å². The van der Waals surface area contributed by atoms with Gasteiger partial charge in [-0.1, -0.05) is 12.7 Å². The van der Waals surface area contributed by atoms with Crippen molar-refractivity contribution < 1.29 is 0 Å². The molecule has 0 aliphatic carbocycles. The lowest BCUT2D eigenvalue weighted by Gasteiger charge is -1.96. The van der Waals surface area contributed by atoms with Crippen LogP contribution in [-0.2, 0) is 0 Å². The van der Waals surface area contributed by atoms with Crippen LogP contribution < -0.4 is 9.86 Å². The molecule has 0 saturated carbocycles. The summed E-state index contributed by atoms with van der Waals surface area (Å²) in [7, 11) is 0. The molecule has 0 aromatic rings. The lowest BCUT2D eigenvalue weighted by Crippen LogP contribution is -2.02. The largest absolute Gasteiger partial charge is 0.321 e. The van der Waals surface area contributed by atoms with Crippen LogP contribution in [0, 0.1) is 0 Å². The van der Waals surface area contributed by atoms with E-state index in [0.717, 1.165) is 17.8 Å². The normalized spacial score (nSPS) is 11.0. The molecule has 0 aromatic heterocycles. The highest BCUT2D eigenvalue weighted by molar-refractivity contribution is 7.95. The molecule has 0 aliphatic rings. The summed E-state index contributed by atoms with van der Waals surface area (Å²) in [5.41, 5.74) is 1.01. The van der Waals surface area contributed by atoms with Gasteiger partial charge in [0.25, 0.3) is 0 Å². The van der Waals surface area contributed by atoms with Crippen molar-refractivity contribution in [2.75, 3.05) is 0 Å². The van der Waals surface area contributed by atoms with Crippen molar-refractivity contribution in [1.82, 2.24) is 4.72 Å². The molecule has 0 aromatic carbocycles. The maximum Gasteiger partial charge on any atom is 0.0308 e. The Balaban J connectivity index is 3.44. The molecule has 3 N–H and O–H groups in total. The van der Waals surface area contributed by atoms with Crippen molar-refractivity contribution in [2.45, 2.75) is 6.92 Å². The van der Waals surface area contributed by atoms with Gasteiger partial charge in [-0.15, -0.1) is 0 Å². The molecule has 0 aliphatic heterocycles. The second-order valence-electron chi connectivity index (χ2n) is 1.31. The van der Waals surface area contributed by atoms with Crippen molar-refractivity contribution in [2.24, 2.45) is 5.14 Å². The summed E-state index contributed by atoms with van der Waals surface area (Å²) in [6, 6.07) is 0. The van der Waals surface area contributed by atoms with Gasteiger partial charge in [0.1, 0.15) is 0 Å². The van der Waals surface area contributed by atoms with Gasteiger partial charge in [0.05, 0.1) is 0 Å². The number of rotatable bonds is 3. The van der Waals surface area contributed by atoms with E-state index >= 15 is 0 Å². The van der Waals surface area contributed by atoms with Gasteiger partial charge in [-0.3, -0.25) is 5.14 Å². The monoisotopic (exact) mass is 130 g/mol. The zero-order chi connectivity index (χ0) is 6.41. The van der Waals surface area contributed by atoms with Crippen molar-refractivity contribution in [3.63, 3.8) is 0 Å². The number of nitrogens with one attached hydrogen (secondary N) is 1. The number of nitrogens with two attached hydrogens (primary N) is 1. The van der Waals surface area contributed by atoms with Gasteiger partial charge >= 0.3 is 0 Å². The Morgan fingerprint density at radius 2 is 2.50 bits per heavy atom. The SMILES string of the molecule is C=C/C=C(\C)NSN. The third-order valence-electron chi connectivity index (χ3n) is 0.588. The molecule has 3 heteroatoms. The summed E-state index contributed by atoms with van der Waals surface area (Å²) in [6.45, 7) is 5.43. The predicted octanol–water partition coefficient (Wildman–Crippen LogP) is 1.19. The van der Waals surface area contributed by atoms with Crippen LogP contribution in [0.1, 0.15) is 6.92 Å². The maximum absolute atomic E-state index is 5.09. The first-order valence-electron chi connectivity index (χ1n) is 2.22. The van der Waals surface area contributed by atoms with Crippen LogP contribution in [-0.4, -0.2) is 0 Å². The molecule has 0 unspecified atom stereocenters. The molecule has 0 fully saturated rings. The first kappa shape index (κ1) is 7.59. The molecular weight excluding hydrogens is 120 g/mol. The highest BCUT2D eigenvalue weighted by Gasteiger charge is 1.78. The highest BCUT2D eigenvalue weighted by Crippen LogP contribution is 1.89. The van der Waals surface area contributed by atoms with Crippen molar-refractivity contribution >= 4 is 12.1 Å². The van der Waals surface area contributed by atoms with E-state index in [-0.39, 0.29) is 0 Å². The zero-order valence-electron chi connectivity index (χ0n) is 4.85. The van der Waals surface area contributed by atoms with Gasteiger partial charge in [-0.25, -0.2) is 0 Å². The average molecular weight is 130 g/mol. The molecule has 0 rings (SSSR count). The van der Waals surface area contributed by atoms with E-state index in [1.165, 1.54) is 0 Å². The van der Waals surface area contributed by atoms with E-state index < -0.39 is 0 Å². The molecule has 0 amide bonds. The van der Waals surface area contributed by atoms with Gasteiger partial charge in [0.15, 0.2) is 0 Å². The minimum absolute atomic E-state index is 1.01. The Hall–Kier alpha value is -0.410. The van der Waals surface area contributed by atoms with Crippen molar-refractivity contribution in [3.05, 3.63) is 24.4 Å². The fraction of sp³-hybridized carbons (Fsp3) is 0.200. The number of hydrogen-bond acceptors (Lipinski definition) is 3. The fourth-order valence-electron chi connectivity index (χ4n) is 0.304. The van der Waals surface area contributed by atoms with Crippen LogP contribution in [0.5, 0.6) is 0 Å². The molecule has 0 radical (unpaired) electrons. The number of allylic oxidation sites excluding steroid dienone is 3. The van der Waals surface area contributed by atoms with E-state index in [9.17, 15) is 0 Å². The smallest absolute Gasteiger partial charge is 0.0308 e. The Morgan fingerprint density at radius 3 is 2.88 bits per heavy atom. The van der Waals surface area contributed by atoms with Crippen molar-refractivity contribution in [3.8, 4) is 0 Å². The Labute approximate surface area is 54.1 Å². The molecule has 0 atom stereocenters. The minimum atomic E-state index is 1.01. The first-order valence-corrected chi connectivity index (χ1v) is 3.10. The molecule has 0 heterocycles. The van der Waals surface area contributed by atoms with Crippen LogP contribution >= 0.6 is 12.1 Å². The summed E-state index contributed by atoms with van der Waals surface area (Å²) < 4.78 is 2.83. The Kier molecular flexibility index (Phi) is 4.50. The third-order valence-corrected chi connectivity index (χ3v) is 1.03. The summed E-state index contributed by atoms with van der Waals surface area (Å²) in [6.07, 6.45) is 3.55. The Morgan fingerprint density at radius 1 is 1.88 bits per heavy atom. The zero-order valence-corrected chi connectivity index (χ0v) is 5.66. The minimum Gasteiger partial charge on any atom is -0.321 e. The summed E-state index contributed by atoms with van der Waals surface area (Å²) >= 11 is 1.08. The van der Waals surface area contributed by atoms with Gasteiger partial charge < -0.3 is 4.72 Å². The van der Waals surface area contributed by atoms with E-state index in [4.69, 9.17) is 5.14 Å². The first-order chi connectivity index (χ1) is 3.81. The quantitative estimate of drug-likeness (QED) is 0.445. The Bertz CT molecular complexity index is 98.6. The van der Waals surface area contributed by atoms with E-state index in [1.54, 1.807) is 6.08 Å². The van der Waals surface area contributed by atoms with Gasteiger partial charge in [-0.2, -0.15) is 0 Å². The van der Waals surface area contributed by atoms with Crippen LogP contribution in [0.25, 0.3) is 0 Å². The molecule has 0 spiro atoms. The third kappa shape index (κ3) is 3.77. The molecule has 46 valence electrons. The maximum atomic E-state index is 5.09. The van der Waals surface area contributed by atoms with E-state index in [1.807, 2.05) is 13.0 Å². The summed E-state index contributed by atoms with van der Waals surface area (Å²) in [5.74, 6) is 0. The topological polar surface area (TPSA) is 38.0 Å². The molecule has 2 nitrogen and oxygen atoms in total. The second kappa shape index (κ2) is 4.74. The fourth-order valence-corrected chi connectivity index (χ4v) is 0.558. The van der Waals surface area contributed by atoms with Gasteiger partial charge in [0.2, 0.25) is 0 Å². The molecular formula is C5H10N2S. The predicted molar refractivity (Wildman–Crippen MR) is 38.9 cm³/mol. The van der Waals surface area contributed by atoms with E-state index in [0.29, 0.717) is 0 Å².